The standard InChI is InChI=1S/C20H17F2NOS/c1-13(20(24)23-19-10-9-16(21)11-18(19)22)25-12-15-7-4-6-14-5-2-3-8-17(14)15/h2-11,13H,12H2,1H3,(H,23,24). The fraction of sp³-hybridized carbons (Fsp3) is 0.150. The lowest BCUT2D eigenvalue weighted by atomic mass is 10.1. The molecular formula is C20H17F2NOS. The minimum absolute atomic E-state index is 0.0102. The van der Waals surface area contributed by atoms with Gasteiger partial charge in [-0.05, 0) is 35.4 Å². The summed E-state index contributed by atoms with van der Waals surface area (Å²) in [4.78, 5) is 12.2. The molecule has 0 fully saturated rings. The van der Waals surface area contributed by atoms with Crippen LogP contribution in [0.2, 0.25) is 0 Å². The highest BCUT2D eigenvalue weighted by atomic mass is 32.2. The summed E-state index contributed by atoms with van der Waals surface area (Å²) in [7, 11) is 0. The van der Waals surface area contributed by atoms with Crippen LogP contribution in [0.15, 0.2) is 60.7 Å². The summed E-state index contributed by atoms with van der Waals surface area (Å²) in [5, 5.41) is 4.46. The molecule has 0 aromatic heterocycles. The molecule has 1 amide bonds. The van der Waals surface area contributed by atoms with Crippen molar-refractivity contribution < 1.29 is 13.6 Å². The first-order chi connectivity index (χ1) is 12.0. The van der Waals surface area contributed by atoms with Crippen molar-refractivity contribution in [2.45, 2.75) is 17.9 Å². The Morgan fingerprint density at radius 3 is 2.64 bits per heavy atom. The van der Waals surface area contributed by atoms with Crippen LogP contribution >= 0.6 is 11.8 Å². The van der Waals surface area contributed by atoms with Crippen molar-refractivity contribution in [1.29, 1.82) is 0 Å². The Hall–Kier alpha value is -2.40. The van der Waals surface area contributed by atoms with Crippen LogP contribution in [0.1, 0.15) is 12.5 Å². The Bertz CT molecular complexity index is 908. The first kappa shape index (κ1) is 17.4. The molecule has 3 aromatic carbocycles. The molecule has 1 atom stereocenters. The second-order valence-corrected chi connectivity index (χ2v) is 7.03. The van der Waals surface area contributed by atoms with Crippen molar-refractivity contribution >= 4 is 34.1 Å². The Morgan fingerprint density at radius 2 is 1.84 bits per heavy atom. The first-order valence-corrected chi connectivity index (χ1v) is 8.93. The second-order valence-electron chi connectivity index (χ2n) is 5.70. The SMILES string of the molecule is CC(SCc1cccc2ccccc12)C(=O)Nc1ccc(F)cc1F. The van der Waals surface area contributed by atoms with Crippen LogP contribution in [0.5, 0.6) is 0 Å². The molecule has 3 rings (SSSR count). The van der Waals surface area contributed by atoms with E-state index in [1.165, 1.54) is 17.8 Å². The number of carbonyl (C=O) groups is 1. The molecule has 0 aliphatic carbocycles. The number of rotatable bonds is 5. The fourth-order valence-corrected chi connectivity index (χ4v) is 3.43. The first-order valence-electron chi connectivity index (χ1n) is 7.89. The van der Waals surface area contributed by atoms with Gasteiger partial charge in [-0.1, -0.05) is 42.5 Å². The number of nitrogens with one attached hydrogen (secondary N) is 1. The molecule has 2 nitrogen and oxygen atoms in total. The summed E-state index contributed by atoms with van der Waals surface area (Å²) in [5.74, 6) is -1.09. The van der Waals surface area contributed by atoms with Crippen LogP contribution < -0.4 is 5.32 Å². The average Bonchev–Trinajstić information content (AvgIpc) is 2.61. The average molecular weight is 357 g/mol. The van der Waals surface area contributed by atoms with Gasteiger partial charge in [0, 0.05) is 11.8 Å². The Balaban J connectivity index is 1.65. The molecule has 0 saturated heterocycles. The third-order valence-corrected chi connectivity index (χ3v) is 5.12. The van der Waals surface area contributed by atoms with Gasteiger partial charge < -0.3 is 5.32 Å². The van der Waals surface area contributed by atoms with Gasteiger partial charge in [0.2, 0.25) is 5.91 Å². The summed E-state index contributed by atoms with van der Waals surface area (Å²) >= 11 is 1.47. The third kappa shape index (κ3) is 4.17. The van der Waals surface area contributed by atoms with Crippen molar-refractivity contribution in [2.75, 3.05) is 5.32 Å². The van der Waals surface area contributed by atoms with Crippen LogP contribution in [-0.4, -0.2) is 11.2 Å². The molecule has 1 N–H and O–H groups in total. The van der Waals surface area contributed by atoms with Crippen LogP contribution in [0.4, 0.5) is 14.5 Å². The van der Waals surface area contributed by atoms with E-state index < -0.39 is 11.6 Å². The monoisotopic (exact) mass is 357 g/mol. The zero-order valence-corrected chi connectivity index (χ0v) is 14.4. The minimum atomic E-state index is -0.778. The van der Waals surface area contributed by atoms with Gasteiger partial charge in [0.15, 0.2) is 0 Å². The normalized spacial score (nSPS) is 12.1. The van der Waals surface area contributed by atoms with E-state index in [4.69, 9.17) is 0 Å². The van der Waals surface area contributed by atoms with Gasteiger partial charge in [-0.15, -0.1) is 11.8 Å². The number of hydrogen-bond acceptors (Lipinski definition) is 2. The van der Waals surface area contributed by atoms with Crippen molar-refractivity contribution in [1.82, 2.24) is 0 Å². The zero-order valence-electron chi connectivity index (χ0n) is 13.6. The number of anilines is 1. The fourth-order valence-electron chi connectivity index (χ4n) is 2.53. The maximum absolute atomic E-state index is 13.6. The Morgan fingerprint density at radius 1 is 1.08 bits per heavy atom. The molecule has 0 spiro atoms. The van der Waals surface area contributed by atoms with Crippen LogP contribution in [-0.2, 0) is 10.5 Å². The minimum Gasteiger partial charge on any atom is -0.323 e. The van der Waals surface area contributed by atoms with Gasteiger partial charge in [0.25, 0.3) is 0 Å². The topological polar surface area (TPSA) is 29.1 Å². The van der Waals surface area contributed by atoms with Crippen LogP contribution in [0.25, 0.3) is 10.8 Å². The van der Waals surface area contributed by atoms with E-state index in [2.05, 4.69) is 23.5 Å². The van der Waals surface area contributed by atoms with Crippen LogP contribution in [0, 0.1) is 11.6 Å². The number of benzene rings is 3. The number of amides is 1. The highest BCUT2D eigenvalue weighted by Crippen LogP contribution is 2.25. The summed E-state index contributed by atoms with van der Waals surface area (Å²) in [5.41, 5.74) is 1.14. The molecule has 0 bridgehead atoms. The number of hydrogen-bond donors (Lipinski definition) is 1. The van der Waals surface area contributed by atoms with Gasteiger partial charge in [-0.25, -0.2) is 8.78 Å². The van der Waals surface area contributed by atoms with Gasteiger partial charge in [0.1, 0.15) is 11.6 Å². The lowest BCUT2D eigenvalue weighted by Gasteiger charge is -2.13. The summed E-state index contributed by atoms with van der Waals surface area (Å²) < 4.78 is 26.6. The summed E-state index contributed by atoms with van der Waals surface area (Å²) in [6.07, 6.45) is 0. The molecule has 5 heteroatoms. The zero-order chi connectivity index (χ0) is 17.8. The predicted molar refractivity (Wildman–Crippen MR) is 99.7 cm³/mol. The largest absolute Gasteiger partial charge is 0.323 e. The van der Waals surface area contributed by atoms with E-state index >= 15 is 0 Å². The lowest BCUT2D eigenvalue weighted by Crippen LogP contribution is -2.23. The molecule has 128 valence electrons. The molecule has 0 aliphatic rings. The maximum Gasteiger partial charge on any atom is 0.237 e. The molecular weight excluding hydrogens is 340 g/mol. The smallest absolute Gasteiger partial charge is 0.237 e. The molecule has 3 aromatic rings. The van der Waals surface area contributed by atoms with Gasteiger partial charge in [-0.3, -0.25) is 4.79 Å². The molecule has 0 aliphatic heterocycles. The highest BCUT2D eigenvalue weighted by Gasteiger charge is 2.16. The van der Waals surface area contributed by atoms with E-state index in [-0.39, 0.29) is 16.8 Å². The molecule has 0 radical (unpaired) electrons. The molecule has 1 unspecified atom stereocenters. The molecule has 0 heterocycles. The Kier molecular flexibility index (Phi) is 5.34. The van der Waals surface area contributed by atoms with Gasteiger partial charge in [0.05, 0.1) is 10.9 Å². The van der Waals surface area contributed by atoms with Gasteiger partial charge in [-0.2, -0.15) is 0 Å². The van der Waals surface area contributed by atoms with E-state index in [0.717, 1.165) is 28.5 Å². The number of carbonyl (C=O) groups excluding carboxylic acids is 1. The summed E-state index contributed by atoms with van der Waals surface area (Å²) in [6, 6.07) is 17.3. The predicted octanol–water partition coefficient (Wildman–Crippen LogP) is 5.38. The third-order valence-electron chi connectivity index (χ3n) is 3.93. The lowest BCUT2D eigenvalue weighted by molar-refractivity contribution is -0.115. The van der Waals surface area contributed by atoms with Crippen molar-refractivity contribution in [2.24, 2.45) is 0 Å². The van der Waals surface area contributed by atoms with Crippen molar-refractivity contribution in [3.63, 3.8) is 0 Å². The van der Waals surface area contributed by atoms with E-state index in [1.807, 2.05) is 24.3 Å². The van der Waals surface area contributed by atoms with E-state index in [1.54, 1.807) is 6.92 Å². The van der Waals surface area contributed by atoms with E-state index in [0.29, 0.717) is 5.75 Å². The molecule has 0 saturated carbocycles. The van der Waals surface area contributed by atoms with Crippen LogP contribution in [0.3, 0.4) is 0 Å². The number of halogens is 2. The van der Waals surface area contributed by atoms with Crippen molar-refractivity contribution in [3.8, 4) is 0 Å². The van der Waals surface area contributed by atoms with E-state index in [9.17, 15) is 13.6 Å². The molecule has 25 heavy (non-hydrogen) atoms. The number of thioether (sulfide) groups is 1. The second kappa shape index (κ2) is 7.66. The van der Waals surface area contributed by atoms with Gasteiger partial charge >= 0.3 is 0 Å². The number of fused-ring (bicyclic) bond motifs is 1. The summed E-state index contributed by atoms with van der Waals surface area (Å²) in [6.45, 7) is 1.77. The highest BCUT2D eigenvalue weighted by molar-refractivity contribution is 7.99. The maximum atomic E-state index is 13.6. The Labute approximate surface area is 149 Å². The van der Waals surface area contributed by atoms with Crippen molar-refractivity contribution in [3.05, 3.63) is 77.9 Å². The quantitative estimate of drug-likeness (QED) is 0.664.